The first kappa shape index (κ1) is 12.7. The number of benzene rings is 1. The molecule has 0 spiro atoms. The van der Waals surface area contributed by atoms with E-state index in [4.69, 9.17) is 26.8 Å². The minimum absolute atomic E-state index is 0.0783. The summed E-state index contributed by atoms with van der Waals surface area (Å²) in [5, 5.41) is 0.714. The van der Waals surface area contributed by atoms with Gasteiger partial charge in [-0.2, -0.15) is 0 Å². The highest BCUT2D eigenvalue weighted by molar-refractivity contribution is 6.30. The van der Waals surface area contributed by atoms with Crippen LogP contribution in [0.2, 0.25) is 5.02 Å². The van der Waals surface area contributed by atoms with Crippen LogP contribution in [0.4, 0.5) is 0 Å². The summed E-state index contributed by atoms with van der Waals surface area (Å²) < 4.78 is 11.0. The van der Waals surface area contributed by atoms with Gasteiger partial charge in [0.15, 0.2) is 0 Å². The van der Waals surface area contributed by atoms with Gasteiger partial charge in [-0.25, -0.2) is 0 Å². The number of halogens is 1. The summed E-state index contributed by atoms with van der Waals surface area (Å²) in [6.07, 6.45) is 2.07. The molecule has 1 heterocycles. The average molecular weight is 256 g/mol. The van der Waals surface area contributed by atoms with Gasteiger partial charge >= 0.3 is 0 Å². The lowest BCUT2D eigenvalue weighted by Gasteiger charge is -2.27. The van der Waals surface area contributed by atoms with E-state index in [1.807, 2.05) is 24.3 Å². The molecule has 1 aromatic rings. The molecular weight excluding hydrogens is 238 g/mol. The molecule has 0 aromatic heterocycles. The number of hydrogen-bond acceptors (Lipinski definition) is 3. The third kappa shape index (κ3) is 3.87. The molecule has 2 N–H and O–H groups in total. The molecule has 0 radical (unpaired) electrons. The Morgan fingerprint density at radius 3 is 2.59 bits per heavy atom. The van der Waals surface area contributed by atoms with Gasteiger partial charge in [-0.1, -0.05) is 11.6 Å². The molecular formula is C13H18ClNO2. The van der Waals surface area contributed by atoms with Crippen LogP contribution >= 0.6 is 11.6 Å². The predicted molar refractivity (Wildman–Crippen MR) is 68.5 cm³/mol. The number of hydrogen-bond donors (Lipinski definition) is 1. The largest absolute Gasteiger partial charge is 0.492 e. The maximum Gasteiger partial charge on any atom is 0.119 e. The van der Waals surface area contributed by atoms with Gasteiger partial charge in [0.25, 0.3) is 0 Å². The summed E-state index contributed by atoms with van der Waals surface area (Å²) in [5.41, 5.74) is 6.12. The predicted octanol–water partition coefficient (Wildman–Crippen LogP) is 2.47. The fourth-order valence-electron chi connectivity index (χ4n) is 2.00. The van der Waals surface area contributed by atoms with Crippen molar-refractivity contribution < 1.29 is 9.47 Å². The molecule has 94 valence electrons. The smallest absolute Gasteiger partial charge is 0.119 e. The van der Waals surface area contributed by atoms with Crippen molar-refractivity contribution in [3.05, 3.63) is 29.3 Å². The van der Waals surface area contributed by atoms with Gasteiger partial charge in [0.2, 0.25) is 0 Å². The van der Waals surface area contributed by atoms with E-state index < -0.39 is 0 Å². The zero-order valence-electron chi connectivity index (χ0n) is 9.77. The van der Waals surface area contributed by atoms with E-state index in [0.29, 0.717) is 17.5 Å². The first-order valence-electron chi connectivity index (χ1n) is 5.97. The van der Waals surface area contributed by atoms with Gasteiger partial charge in [-0.3, -0.25) is 0 Å². The summed E-state index contributed by atoms with van der Waals surface area (Å²) in [4.78, 5) is 0. The first-order chi connectivity index (χ1) is 8.25. The van der Waals surface area contributed by atoms with Crippen LogP contribution in [-0.4, -0.2) is 25.9 Å². The van der Waals surface area contributed by atoms with Crippen molar-refractivity contribution in [2.75, 3.05) is 19.8 Å². The Balaban J connectivity index is 1.78. The Kier molecular flexibility index (Phi) is 4.66. The third-order valence-electron chi connectivity index (χ3n) is 3.13. The van der Waals surface area contributed by atoms with Crippen LogP contribution < -0.4 is 10.5 Å². The van der Waals surface area contributed by atoms with Crippen LogP contribution in [-0.2, 0) is 4.74 Å². The van der Waals surface area contributed by atoms with E-state index in [1.165, 1.54) is 0 Å². The minimum Gasteiger partial charge on any atom is -0.492 e. The van der Waals surface area contributed by atoms with Gasteiger partial charge in [0.1, 0.15) is 12.4 Å². The molecule has 1 fully saturated rings. The lowest BCUT2D eigenvalue weighted by molar-refractivity contribution is 0.0521. The minimum atomic E-state index is 0.0783. The topological polar surface area (TPSA) is 44.5 Å². The second-order valence-electron chi connectivity index (χ2n) is 4.38. The Hall–Kier alpha value is -0.770. The fourth-order valence-corrected chi connectivity index (χ4v) is 2.13. The van der Waals surface area contributed by atoms with Crippen molar-refractivity contribution in [3.63, 3.8) is 0 Å². The zero-order chi connectivity index (χ0) is 12.1. The molecule has 1 aliphatic heterocycles. The molecule has 4 heteroatoms. The molecule has 1 saturated heterocycles. The number of ether oxygens (including phenoxy) is 2. The molecule has 17 heavy (non-hydrogen) atoms. The van der Waals surface area contributed by atoms with Crippen LogP contribution in [0.1, 0.15) is 12.8 Å². The monoisotopic (exact) mass is 255 g/mol. The number of rotatable bonds is 4. The van der Waals surface area contributed by atoms with Gasteiger partial charge in [0.05, 0.1) is 0 Å². The van der Waals surface area contributed by atoms with Crippen LogP contribution in [0, 0.1) is 5.92 Å². The number of nitrogens with two attached hydrogens (primary N) is 1. The Labute approximate surface area is 107 Å². The molecule has 1 unspecified atom stereocenters. The maximum absolute atomic E-state index is 6.12. The van der Waals surface area contributed by atoms with E-state index in [0.717, 1.165) is 31.8 Å². The molecule has 0 amide bonds. The highest BCUT2D eigenvalue weighted by Crippen LogP contribution is 2.20. The Morgan fingerprint density at radius 1 is 1.29 bits per heavy atom. The molecule has 0 aliphatic carbocycles. The maximum atomic E-state index is 6.12. The average Bonchev–Trinajstić information content (AvgIpc) is 2.39. The Bertz CT molecular complexity index is 336. The van der Waals surface area contributed by atoms with Crippen LogP contribution in [0.5, 0.6) is 5.75 Å². The first-order valence-corrected chi connectivity index (χ1v) is 6.35. The van der Waals surface area contributed by atoms with Crippen LogP contribution in [0.3, 0.4) is 0 Å². The summed E-state index contributed by atoms with van der Waals surface area (Å²) in [6, 6.07) is 7.43. The van der Waals surface area contributed by atoms with Gasteiger partial charge in [-0.15, -0.1) is 0 Å². The SMILES string of the molecule is NC(COc1ccc(Cl)cc1)C1CCOCC1. The van der Waals surface area contributed by atoms with Gasteiger partial charge in [0, 0.05) is 24.3 Å². The summed E-state index contributed by atoms with van der Waals surface area (Å²) in [5.74, 6) is 1.33. The van der Waals surface area contributed by atoms with Crippen molar-refractivity contribution in [3.8, 4) is 5.75 Å². The molecule has 1 aliphatic rings. The quantitative estimate of drug-likeness (QED) is 0.899. The zero-order valence-corrected chi connectivity index (χ0v) is 10.5. The van der Waals surface area contributed by atoms with E-state index in [-0.39, 0.29) is 6.04 Å². The normalized spacial score (nSPS) is 18.9. The van der Waals surface area contributed by atoms with Gasteiger partial charge in [-0.05, 0) is 43.0 Å². The van der Waals surface area contributed by atoms with Crippen LogP contribution in [0.15, 0.2) is 24.3 Å². The van der Waals surface area contributed by atoms with E-state index in [1.54, 1.807) is 0 Å². The second kappa shape index (κ2) is 6.24. The molecule has 0 saturated carbocycles. The van der Waals surface area contributed by atoms with Crippen molar-refractivity contribution >= 4 is 11.6 Å². The standard InChI is InChI=1S/C13H18ClNO2/c14-11-1-3-12(4-2-11)17-9-13(15)10-5-7-16-8-6-10/h1-4,10,13H,5-9,15H2. The van der Waals surface area contributed by atoms with Crippen molar-refractivity contribution in [2.24, 2.45) is 11.7 Å². The molecule has 0 bridgehead atoms. The van der Waals surface area contributed by atoms with Crippen molar-refractivity contribution in [1.82, 2.24) is 0 Å². The lowest BCUT2D eigenvalue weighted by Crippen LogP contribution is -2.38. The van der Waals surface area contributed by atoms with Crippen LogP contribution in [0.25, 0.3) is 0 Å². The molecule has 3 nitrogen and oxygen atoms in total. The van der Waals surface area contributed by atoms with Crippen molar-refractivity contribution in [2.45, 2.75) is 18.9 Å². The fraction of sp³-hybridized carbons (Fsp3) is 0.538. The summed E-state index contributed by atoms with van der Waals surface area (Å²) in [7, 11) is 0. The third-order valence-corrected chi connectivity index (χ3v) is 3.38. The highest BCUT2D eigenvalue weighted by atomic mass is 35.5. The second-order valence-corrected chi connectivity index (χ2v) is 4.82. The molecule has 2 rings (SSSR count). The summed E-state index contributed by atoms with van der Waals surface area (Å²) >= 11 is 5.80. The van der Waals surface area contributed by atoms with Gasteiger partial charge < -0.3 is 15.2 Å². The van der Waals surface area contributed by atoms with E-state index in [9.17, 15) is 0 Å². The van der Waals surface area contributed by atoms with Crippen molar-refractivity contribution in [1.29, 1.82) is 0 Å². The highest BCUT2D eigenvalue weighted by Gasteiger charge is 2.21. The molecule has 1 aromatic carbocycles. The summed E-state index contributed by atoms with van der Waals surface area (Å²) in [6.45, 7) is 2.19. The Morgan fingerprint density at radius 2 is 1.94 bits per heavy atom. The van der Waals surface area contributed by atoms with E-state index >= 15 is 0 Å². The lowest BCUT2D eigenvalue weighted by atomic mass is 9.93. The molecule has 1 atom stereocenters. The van der Waals surface area contributed by atoms with E-state index in [2.05, 4.69) is 0 Å².